The Bertz CT molecular complexity index is 768. The van der Waals surface area contributed by atoms with E-state index in [1.54, 1.807) is 12.1 Å². The van der Waals surface area contributed by atoms with Crippen LogP contribution in [0.5, 0.6) is 0 Å². The SMILES string of the molecule is O=C1Nc2ccccc2S/C1=C/c1ccccc1C(F)(F)F. The molecule has 0 saturated carbocycles. The maximum Gasteiger partial charge on any atom is 0.416 e. The Morgan fingerprint density at radius 3 is 2.45 bits per heavy atom. The number of carbonyl (C=O) groups is 1. The highest BCUT2D eigenvalue weighted by atomic mass is 32.2. The highest BCUT2D eigenvalue weighted by Gasteiger charge is 2.33. The van der Waals surface area contributed by atoms with Crippen LogP contribution in [0.4, 0.5) is 18.9 Å². The maximum absolute atomic E-state index is 13.0. The highest BCUT2D eigenvalue weighted by molar-refractivity contribution is 8.04. The molecular weight excluding hydrogens is 311 g/mol. The normalized spacial score (nSPS) is 16.3. The van der Waals surface area contributed by atoms with Crippen molar-refractivity contribution in [1.82, 2.24) is 0 Å². The summed E-state index contributed by atoms with van der Waals surface area (Å²) >= 11 is 1.16. The third-order valence-corrected chi connectivity index (χ3v) is 4.23. The second-order valence-electron chi connectivity index (χ2n) is 4.65. The zero-order valence-corrected chi connectivity index (χ0v) is 12.0. The van der Waals surface area contributed by atoms with Gasteiger partial charge in [-0.15, -0.1) is 0 Å². The van der Waals surface area contributed by atoms with Gasteiger partial charge in [0.1, 0.15) is 0 Å². The summed E-state index contributed by atoms with van der Waals surface area (Å²) < 4.78 is 39.0. The summed E-state index contributed by atoms with van der Waals surface area (Å²) in [5, 5.41) is 2.68. The Morgan fingerprint density at radius 1 is 1.00 bits per heavy atom. The Labute approximate surface area is 129 Å². The van der Waals surface area contributed by atoms with Crippen molar-refractivity contribution in [2.24, 2.45) is 0 Å². The predicted octanol–water partition coefficient (Wildman–Crippen LogP) is 4.79. The average molecular weight is 321 g/mol. The predicted molar refractivity (Wildman–Crippen MR) is 80.3 cm³/mol. The van der Waals surface area contributed by atoms with Gasteiger partial charge < -0.3 is 5.32 Å². The quantitative estimate of drug-likeness (QED) is 0.765. The van der Waals surface area contributed by atoms with E-state index in [4.69, 9.17) is 0 Å². The topological polar surface area (TPSA) is 29.1 Å². The van der Waals surface area contributed by atoms with Crippen molar-refractivity contribution >= 4 is 29.4 Å². The molecule has 2 aromatic rings. The first-order chi connectivity index (χ1) is 10.4. The number of benzene rings is 2. The van der Waals surface area contributed by atoms with Crippen molar-refractivity contribution < 1.29 is 18.0 Å². The smallest absolute Gasteiger partial charge is 0.320 e. The number of alkyl halides is 3. The molecule has 22 heavy (non-hydrogen) atoms. The Balaban J connectivity index is 2.02. The summed E-state index contributed by atoms with van der Waals surface area (Å²) in [6.07, 6.45) is -3.18. The number of nitrogens with one attached hydrogen (secondary N) is 1. The first kappa shape index (κ1) is 14.7. The molecular formula is C16H10F3NOS. The largest absolute Gasteiger partial charge is 0.416 e. The molecule has 0 saturated heterocycles. The lowest BCUT2D eigenvalue weighted by molar-refractivity contribution is -0.137. The van der Waals surface area contributed by atoms with Crippen LogP contribution < -0.4 is 5.32 Å². The van der Waals surface area contributed by atoms with Crippen molar-refractivity contribution in [3.05, 3.63) is 64.6 Å². The van der Waals surface area contributed by atoms with E-state index in [2.05, 4.69) is 5.32 Å². The Morgan fingerprint density at radius 2 is 1.68 bits per heavy atom. The Hall–Kier alpha value is -2.21. The zero-order chi connectivity index (χ0) is 15.7. The van der Waals surface area contributed by atoms with Crippen LogP contribution in [0.3, 0.4) is 0 Å². The fraction of sp³-hybridized carbons (Fsp3) is 0.0625. The van der Waals surface area contributed by atoms with E-state index >= 15 is 0 Å². The van der Waals surface area contributed by atoms with Gasteiger partial charge in [0.25, 0.3) is 5.91 Å². The molecule has 1 heterocycles. The molecule has 0 fully saturated rings. The van der Waals surface area contributed by atoms with Gasteiger partial charge in [-0.2, -0.15) is 13.2 Å². The minimum atomic E-state index is -4.46. The van der Waals surface area contributed by atoms with E-state index in [1.807, 2.05) is 12.1 Å². The summed E-state index contributed by atoms with van der Waals surface area (Å²) in [5.74, 6) is -0.402. The standard InChI is InChI=1S/C16H10F3NOS/c17-16(18,19)11-6-2-1-5-10(11)9-14-15(21)20-12-7-3-4-8-13(12)22-14/h1-9H,(H,20,21)/b14-9+. The number of hydrogen-bond acceptors (Lipinski definition) is 2. The minimum Gasteiger partial charge on any atom is -0.320 e. The molecule has 2 nitrogen and oxygen atoms in total. The molecule has 1 aliphatic rings. The van der Waals surface area contributed by atoms with E-state index in [0.717, 1.165) is 22.7 Å². The second kappa shape index (κ2) is 5.53. The molecule has 1 amide bonds. The molecule has 2 aromatic carbocycles. The van der Waals surface area contributed by atoms with E-state index < -0.39 is 17.6 Å². The first-order valence-electron chi connectivity index (χ1n) is 6.41. The molecule has 1 N–H and O–H groups in total. The van der Waals surface area contributed by atoms with E-state index in [0.29, 0.717) is 5.69 Å². The lowest BCUT2D eigenvalue weighted by Gasteiger charge is -2.19. The van der Waals surface area contributed by atoms with Crippen molar-refractivity contribution in [2.45, 2.75) is 11.1 Å². The van der Waals surface area contributed by atoms with Crippen LogP contribution in [0.25, 0.3) is 6.08 Å². The van der Waals surface area contributed by atoms with E-state index in [9.17, 15) is 18.0 Å². The van der Waals surface area contributed by atoms with Gasteiger partial charge in [-0.05, 0) is 29.8 Å². The molecule has 3 rings (SSSR count). The fourth-order valence-electron chi connectivity index (χ4n) is 2.12. The van der Waals surface area contributed by atoms with Crippen LogP contribution in [0.15, 0.2) is 58.3 Å². The molecule has 0 spiro atoms. The number of amides is 1. The number of halogens is 3. The zero-order valence-electron chi connectivity index (χ0n) is 11.1. The van der Waals surface area contributed by atoms with Crippen molar-refractivity contribution in [2.75, 3.05) is 5.32 Å². The lowest BCUT2D eigenvalue weighted by Crippen LogP contribution is -2.17. The monoisotopic (exact) mass is 321 g/mol. The number of hydrogen-bond donors (Lipinski definition) is 1. The number of rotatable bonds is 1. The van der Waals surface area contributed by atoms with Crippen molar-refractivity contribution in [3.8, 4) is 0 Å². The number of thioether (sulfide) groups is 1. The number of fused-ring (bicyclic) bond motifs is 1. The molecule has 0 aliphatic carbocycles. The summed E-state index contributed by atoms with van der Waals surface area (Å²) in [6, 6.07) is 12.4. The summed E-state index contributed by atoms with van der Waals surface area (Å²) in [4.78, 5) is 13.1. The molecule has 1 aliphatic heterocycles. The molecule has 0 unspecified atom stereocenters. The lowest BCUT2D eigenvalue weighted by atomic mass is 10.1. The summed E-state index contributed by atoms with van der Waals surface area (Å²) in [5.41, 5.74) is -0.111. The Kier molecular flexibility index (Phi) is 3.70. The van der Waals surface area contributed by atoms with Gasteiger partial charge in [0.05, 0.1) is 16.2 Å². The van der Waals surface area contributed by atoms with Crippen LogP contribution >= 0.6 is 11.8 Å². The number of carbonyl (C=O) groups excluding carboxylic acids is 1. The number of anilines is 1. The molecule has 0 bridgehead atoms. The van der Waals surface area contributed by atoms with Crippen LogP contribution in [0, 0.1) is 0 Å². The van der Waals surface area contributed by atoms with E-state index in [-0.39, 0.29) is 10.5 Å². The maximum atomic E-state index is 13.0. The van der Waals surface area contributed by atoms with Gasteiger partial charge in [0, 0.05) is 4.90 Å². The first-order valence-corrected chi connectivity index (χ1v) is 7.23. The van der Waals surface area contributed by atoms with Gasteiger partial charge in [0.2, 0.25) is 0 Å². The molecule has 0 radical (unpaired) electrons. The van der Waals surface area contributed by atoms with Crippen LogP contribution in [0.2, 0.25) is 0 Å². The van der Waals surface area contributed by atoms with Gasteiger partial charge in [-0.25, -0.2) is 0 Å². The summed E-state index contributed by atoms with van der Waals surface area (Å²) in [7, 11) is 0. The van der Waals surface area contributed by atoms with Gasteiger partial charge >= 0.3 is 6.18 Å². The summed E-state index contributed by atoms with van der Waals surface area (Å²) in [6.45, 7) is 0. The second-order valence-corrected chi connectivity index (χ2v) is 5.73. The minimum absolute atomic E-state index is 0.0213. The van der Waals surface area contributed by atoms with Crippen molar-refractivity contribution in [3.63, 3.8) is 0 Å². The van der Waals surface area contributed by atoms with Gasteiger partial charge in [-0.1, -0.05) is 42.1 Å². The van der Waals surface area contributed by atoms with Gasteiger partial charge in [0.15, 0.2) is 0 Å². The molecule has 112 valence electrons. The molecule has 6 heteroatoms. The van der Waals surface area contributed by atoms with Crippen LogP contribution in [0.1, 0.15) is 11.1 Å². The fourth-order valence-corrected chi connectivity index (χ4v) is 3.07. The number of para-hydroxylation sites is 1. The van der Waals surface area contributed by atoms with E-state index in [1.165, 1.54) is 24.3 Å². The van der Waals surface area contributed by atoms with Crippen LogP contribution in [-0.2, 0) is 11.0 Å². The highest BCUT2D eigenvalue weighted by Crippen LogP contribution is 2.40. The van der Waals surface area contributed by atoms with Crippen molar-refractivity contribution in [1.29, 1.82) is 0 Å². The third kappa shape index (κ3) is 2.87. The molecule has 0 atom stereocenters. The van der Waals surface area contributed by atoms with Gasteiger partial charge in [-0.3, -0.25) is 4.79 Å². The average Bonchev–Trinajstić information content (AvgIpc) is 2.47. The van der Waals surface area contributed by atoms with Crippen LogP contribution in [-0.4, -0.2) is 5.91 Å². The third-order valence-electron chi connectivity index (χ3n) is 3.13. The molecule has 0 aromatic heterocycles.